The molecule has 0 amide bonds. The summed E-state index contributed by atoms with van der Waals surface area (Å²) >= 11 is 0. The number of Topliss-reactive ketones (excluding diaryl/α,β-unsaturated/α-hetero) is 1. The molecule has 3 heterocycles. The molecular weight excluding hydrogens is 372 g/mol. The van der Waals surface area contributed by atoms with Crippen LogP contribution in [0.15, 0.2) is 61.2 Å². The van der Waals surface area contributed by atoms with E-state index < -0.39 is 0 Å². The molecule has 0 unspecified atom stereocenters. The predicted molar refractivity (Wildman–Crippen MR) is 119 cm³/mol. The second kappa shape index (κ2) is 7.34. The summed E-state index contributed by atoms with van der Waals surface area (Å²) in [5.74, 6) is 1.03. The third-order valence-corrected chi connectivity index (χ3v) is 5.83. The molecule has 0 N–H and O–H groups in total. The van der Waals surface area contributed by atoms with Gasteiger partial charge in [-0.15, -0.1) is 0 Å². The van der Waals surface area contributed by atoms with Crippen LogP contribution in [0.4, 0.5) is 5.82 Å². The highest BCUT2D eigenvalue weighted by Crippen LogP contribution is 2.33. The van der Waals surface area contributed by atoms with E-state index in [0.717, 1.165) is 58.5 Å². The smallest absolute Gasteiger partial charge is 0.159 e. The number of anilines is 1. The van der Waals surface area contributed by atoms with Gasteiger partial charge in [0.2, 0.25) is 0 Å². The second-order valence-electron chi connectivity index (χ2n) is 7.84. The first-order valence-corrected chi connectivity index (χ1v) is 10.1. The van der Waals surface area contributed by atoms with Gasteiger partial charge in [0.1, 0.15) is 12.1 Å². The van der Waals surface area contributed by atoms with Crippen molar-refractivity contribution in [1.82, 2.24) is 15.0 Å². The van der Waals surface area contributed by atoms with E-state index in [4.69, 9.17) is 0 Å². The highest BCUT2D eigenvalue weighted by molar-refractivity contribution is 5.95. The Hall–Kier alpha value is -3.60. The van der Waals surface area contributed by atoms with Crippen molar-refractivity contribution >= 4 is 22.5 Å². The van der Waals surface area contributed by atoms with Crippen LogP contribution in [0.5, 0.6) is 0 Å². The second-order valence-corrected chi connectivity index (χ2v) is 7.84. The van der Waals surface area contributed by atoms with Gasteiger partial charge < -0.3 is 4.90 Å². The molecule has 2 aromatic carbocycles. The Morgan fingerprint density at radius 3 is 2.73 bits per heavy atom. The van der Waals surface area contributed by atoms with Crippen molar-refractivity contribution < 1.29 is 4.79 Å². The molecule has 0 saturated carbocycles. The monoisotopic (exact) mass is 394 g/mol. The summed E-state index contributed by atoms with van der Waals surface area (Å²) < 4.78 is 0. The van der Waals surface area contributed by atoms with Gasteiger partial charge in [0.25, 0.3) is 0 Å². The molecule has 2 aromatic heterocycles. The zero-order valence-electron chi connectivity index (χ0n) is 17.1. The van der Waals surface area contributed by atoms with E-state index in [1.54, 1.807) is 19.4 Å². The van der Waals surface area contributed by atoms with Crippen LogP contribution in [0.3, 0.4) is 0 Å². The lowest BCUT2D eigenvalue weighted by atomic mass is 9.95. The number of ketones is 1. The lowest BCUT2D eigenvalue weighted by molar-refractivity contribution is 0.101. The van der Waals surface area contributed by atoms with Gasteiger partial charge in [-0.2, -0.15) is 0 Å². The molecule has 1 aliphatic heterocycles. The molecule has 0 fully saturated rings. The third-order valence-electron chi connectivity index (χ3n) is 5.83. The van der Waals surface area contributed by atoms with Crippen LogP contribution in [0.1, 0.15) is 34.0 Å². The first kappa shape index (κ1) is 18.4. The van der Waals surface area contributed by atoms with Crippen LogP contribution >= 0.6 is 0 Å². The molecule has 5 heteroatoms. The number of aromatic nitrogens is 3. The van der Waals surface area contributed by atoms with Crippen molar-refractivity contribution in [2.45, 2.75) is 26.8 Å². The summed E-state index contributed by atoms with van der Waals surface area (Å²) in [7, 11) is 0. The maximum atomic E-state index is 11.8. The standard InChI is InChI=1S/C25H22N4O/c1-16-10-21(20-4-3-8-26-13-20)12-23-24(16)27-15-28-25(23)29-9-7-18-5-6-19(17(2)30)11-22(18)14-29/h3-6,8,10-13,15H,7,9,14H2,1-2H3. The van der Waals surface area contributed by atoms with Crippen molar-refractivity contribution in [2.75, 3.05) is 11.4 Å². The highest BCUT2D eigenvalue weighted by Gasteiger charge is 2.21. The molecule has 30 heavy (non-hydrogen) atoms. The van der Waals surface area contributed by atoms with Gasteiger partial charge in [-0.05, 0) is 66.8 Å². The molecule has 5 rings (SSSR count). The summed E-state index contributed by atoms with van der Waals surface area (Å²) in [6.45, 7) is 5.32. The zero-order valence-corrected chi connectivity index (χ0v) is 17.1. The van der Waals surface area contributed by atoms with Gasteiger partial charge in [-0.25, -0.2) is 9.97 Å². The summed E-state index contributed by atoms with van der Waals surface area (Å²) in [5.41, 5.74) is 7.54. The van der Waals surface area contributed by atoms with Crippen LogP contribution in [-0.2, 0) is 13.0 Å². The summed E-state index contributed by atoms with van der Waals surface area (Å²) in [4.78, 5) is 27.6. The minimum atomic E-state index is 0.0964. The van der Waals surface area contributed by atoms with Crippen LogP contribution in [-0.4, -0.2) is 27.3 Å². The molecule has 0 spiro atoms. The molecule has 0 radical (unpaired) electrons. The van der Waals surface area contributed by atoms with E-state index in [0.29, 0.717) is 0 Å². The fourth-order valence-corrected chi connectivity index (χ4v) is 4.24. The van der Waals surface area contributed by atoms with E-state index in [1.165, 1.54) is 11.1 Å². The maximum Gasteiger partial charge on any atom is 0.159 e. The van der Waals surface area contributed by atoms with Crippen LogP contribution in [0.25, 0.3) is 22.0 Å². The van der Waals surface area contributed by atoms with Gasteiger partial charge in [0.15, 0.2) is 5.78 Å². The van der Waals surface area contributed by atoms with Crippen molar-refractivity contribution in [3.63, 3.8) is 0 Å². The summed E-state index contributed by atoms with van der Waals surface area (Å²) in [5, 5.41) is 1.04. The van der Waals surface area contributed by atoms with Gasteiger partial charge in [-0.1, -0.05) is 18.2 Å². The van der Waals surface area contributed by atoms with E-state index in [2.05, 4.69) is 51.0 Å². The van der Waals surface area contributed by atoms with E-state index in [9.17, 15) is 4.79 Å². The average molecular weight is 394 g/mol. The highest BCUT2D eigenvalue weighted by atomic mass is 16.1. The van der Waals surface area contributed by atoms with E-state index in [-0.39, 0.29) is 5.78 Å². The fraction of sp³-hybridized carbons (Fsp3) is 0.200. The zero-order chi connectivity index (χ0) is 20.7. The van der Waals surface area contributed by atoms with Crippen molar-refractivity contribution in [3.8, 4) is 11.1 Å². The number of aryl methyl sites for hydroxylation is 1. The molecule has 148 valence electrons. The Labute approximate surface area is 175 Å². The number of benzene rings is 2. The normalized spacial score (nSPS) is 13.3. The van der Waals surface area contributed by atoms with Gasteiger partial charge in [0.05, 0.1) is 5.52 Å². The van der Waals surface area contributed by atoms with Crippen LogP contribution in [0.2, 0.25) is 0 Å². The molecule has 1 aliphatic rings. The SMILES string of the molecule is CC(=O)c1ccc2c(c1)CN(c1ncnc3c(C)cc(-c4cccnc4)cc13)CC2. The van der Waals surface area contributed by atoms with Crippen molar-refractivity contribution in [3.05, 3.63) is 83.4 Å². The van der Waals surface area contributed by atoms with Crippen LogP contribution < -0.4 is 4.90 Å². The third kappa shape index (κ3) is 3.22. The summed E-state index contributed by atoms with van der Waals surface area (Å²) in [6, 6.07) is 14.4. The number of carbonyl (C=O) groups excluding carboxylic acids is 1. The maximum absolute atomic E-state index is 11.8. The van der Waals surface area contributed by atoms with E-state index in [1.807, 2.05) is 24.4 Å². The van der Waals surface area contributed by atoms with Gasteiger partial charge in [-0.3, -0.25) is 9.78 Å². The molecule has 4 aromatic rings. The molecule has 0 saturated heterocycles. The Morgan fingerprint density at radius 1 is 1.03 bits per heavy atom. The quantitative estimate of drug-likeness (QED) is 0.469. The Balaban J connectivity index is 1.60. The van der Waals surface area contributed by atoms with Gasteiger partial charge >= 0.3 is 0 Å². The number of carbonyl (C=O) groups is 1. The molecule has 0 aliphatic carbocycles. The average Bonchev–Trinajstić information content (AvgIpc) is 2.78. The topological polar surface area (TPSA) is 59.0 Å². The minimum Gasteiger partial charge on any atom is -0.351 e. The molecule has 0 atom stereocenters. The van der Waals surface area contributed by atoms with Crippen molar-refractivity contribution in [1.29, 1.82) is 0 Å². The largest absolute Gasteiger partial charge is 0.351 e. The fourth-order valence-electron chi connectivity index (χ4n) is 4.24. The molecule has 0 bridgehead atoms. The Morgan fingerprint density at radius 2 is 1.93 bits per heavy atom. The Kier molecular flexibility index (Phi) is 4.51. The Bertz CT molecular complexity index is 1270. The number of fused-ring (bicyclic) bond motifs is 2. The predicted octanol–water partition coefficient (Wildman–Crippen LogP) is 4.77. The first-order chi connectivity index (χ1) is 14.6. The lowest BCUT2D eigenvalue weighted by Gasteiger charge is -2.31. The van der Waals surface area contributed by atoms with Gasteiger partial charge in [0, 0.05) is 42.0 Å². The van der Waals surface area contributed by atoms with E-state index >= 15 is 0 Å². The lowest BCUT2D eigenvalue weighted by Crippen LogP contribution is -2.31. The number of rotatable bonds is 3. The van der Waals surface area contributed by atoms with Crippen LogP contribution in [0, 0.1) is 6.92 Å². The molecule has 5 nitrogen and oxygen atoms in total. The number of nitrogens with zero attached hydrogens (tertiary/aromatic N) is 4. The van der Waals surface area contributed by atoms with Crippen molar-refractivity contribution in [2.24, 2.45) is 0 Å². The minimum absolute atomic E-state index is 0.0964. The number of hydrogen-bond donors (Lipinski definition) is 0. The number of pyridine rings is 1. The summed E-state index contributed by atoms with van der Waals surface area (Å²) in [6.07, 6.45) is 6.24. The number of hydrogen-bond acceptors (Lipinski definition) is 5. The first-order valence-electron chi connectivity index (χ1n) is 10.1. The molecular formula is C25H22N4O.